The summed E-state index contributed by atoms with van der Waals surface area (Å²) in [5.74, 6) is 0. The second-order valence-electron chi connectivity index (χ2n) is 4.84. The quantitative estimate of drug-likeness (QED) is 0.646. The van der Waals surface area contributed by atoms with Crippen molar-refractivity contribution < 1.29 is 19.6 Å². The molecule has 21 heavy (non-hydrogen) atoms. The fourth-order valence-corrected chi connectivity index (χ4v) is 3.34. The van der Waals surface area contributed by atoms with Gasteiger partial charge < -0.3 is 20.1 Å². The minimum Gasteiger partial charge on any atom is -0.453 e. The van der Waals surface area contributed by atoms with Crippen molar-refractivity contribution in [3.05, 3.63) is 21.1 Å². The molecule has 1 amide bonds. The normalized spacial score (nSPS) is 19.4. The Kier molecular flexibility index (Phi) is 4.63. The lowest BCUT2D eigenvalue weighted by Crippen LogP contribution is -2.36. The Balaban J connectivity index is 2.15. The first kappa shape index (κ1) is 15.5. The van der Waals surface area contributed by atoms with E-state index in [1.54, 1.807) is 6.92 Å². The van der Waals surface area contributed by atoms with Gasteiger partial charge in [0, 0.05) is 24.0 Å². The number of ether oxygens (including phenoxy) is 1. The fourth-order valence-electron chi connectivity index (χ4n) is 2.24. The first-order chi connectivity index (χ1) is 9.92. The number of nitrogens with zero attached hydrogens (tertiary/aromatic N) is 2. The van der Waals surface area contributed by atoms with Gasteiger partial charge >= 0.3 is 11.8 Å². The van der Waals surface area contributed by atoms with E-state index in [0.29, 0.717) is 29.4 Å². The smallest absolute Gasteiger partial charge is 0.407 e. The molecule has 2 heterocycles. The Labute approximate surface area is 125 Å². The van der Waals surface area contributed by atoms with Crippen LogP contribution in [0.25, 0.3) is 0 Å². The number of hydrogen-bond acceptors (Lipinski definition) is 7. The highest BCUT2D eigenvalue weighted by Crippen LogP contribution is 2.41. The second kappa shape index (κ2) is 6.27. The van der Waals surface area contributed by atoms with Gasteiger partial charge in [-0.1, -0.05) is 0 Å². The molecule has 1 saturated heterocycles. The lowest BCUT2D eigenvalue weighted by atomic mass is 10.3. The molecule has 8 nitrogen and oxygen atoms in total. The number of nitrogens with one attached hydrogen (secondary N) is 1. The van der Waals surface area contributed by atoms with E-state index in [0.717, 1.165) is 0 Å². The molecule has 0 saturated carbocycles. The molecule has 0 aliphatic carbocycles. The minimum atomic E-state index is -0.742. The number of thiophene rings is 1. The van der Waals surface area contributed by atoms with Crippen LogP contribution in [0.4, 0.5) is 15.5 Å². The third kappa shape index (κ3) is 3.42. The Morgan fingerprint density at radius 1 is 1.71 bits per heavy atom. The van der Waals surface area contributed by atoms with E-state index in [9.17, 15) is 20.0 Å². The number of nitro groups is 1. The summed E-state index contributed by atoms with van der Waals surface area (Å²) in [5, 5.41) is 23.9. The van der Waals surface area contributed by atoms with Gasteiger partial charge in [0.1, 0.15) is 0 Å². The zero-order valence-corrected chi connectivity index (χ0v) is 12.6. The number of hydrogen-bond donors (Lipinski definition) is 2. The first-order valence-electron chi connectivity index (χ1n) is 6.48. The van der Waals surface area contributed by atoms with Crippen LogP contribution in [0.15, 0.2) is 6.07 Å². The number of amides is 1. The summed E-state index contributed by atoms with van der Waals surface area (Å²) < 4.78 is 4.54. The zero-order chi connectivity index (χ0) is 15.6. The second-order valence-corrected chi connectivity index (χ2v) is 5.90. The van der Waals surface area contributed by atoms with Crippen molar-refractivity contribution in [3.8, 4) is 0 Å². The van der Waals surface area contributed by atoms with Crippen LogP contribution in [0, 0.1) is 10.1 Å². The Bertz CT molecular complexity index is 545. The molecule has 1 aromatic rings. The number of carbonyl (C=O) groups is 1. The Morgan fingerprint density at radius 3 is 3.00 bits per heavy atom. The Morgan fingerprint density at radius 2 is 2.43 bits per heavy atom. The molecule has 9 heteroatoms. The van der Waals surface area contributed by atoms with Gasteiger partial charge in [0.15, 0.2) is 5.00 Å². The predicted octanol–water partition coefficient (Wildman–Crippen LogP) is 1.64. The van der Waals surface area contributed by atoms with Crippen molar-refractivity contribution in [3.63, 3.8) is 0 Å². The van der Waals surface area contributed by atoms with E-state index >= 15 is 0 Å². The highest BCUT2D eigenvalue weighted by molar-refractivity contribution is 7.16. The molecule has 1 fully saturated rings. The maximum atomic E-state index is 11.2. The molecule has 0 radical (unpaired) electrons. The van der Waals surface area contributed by atoms with Crippen LogP contribution in [-0.2, 0) is 4.74 Å². The van der Waals surface area contributed by atoms with E-state index in [2.05, 4.69) is 10.1 Å². The van der Waals surface area contributed by atoms with Crippen molar-refractivity contribution in [1.29, 1.82) is 0 Å². The molecule has 2 atom stereocenters. The van der Waals surface area contributed by atoms with Crippen LogP contribution in [0.5, 0.6) is 0 Å². The van der Waals surface area contributed by atoms with Gasteiger partial charge in [-0.15, -0.1) is 11.3 Å². The van der Waals surface area contributed by atoms with E-state index in [-0.39, 0.29) is 11.7 Å². The van der Waals surface area contributed by atoms with Crippen molar-refractivity contribution >= 4 is 28.1 Å². The highest BCUT2D eigenvalue weighted by Gasteiger charge is 2.31. The van der Waals surface area contributed by atoms with Crippen LogP contribution in [0.1, 0.15) is 24.3 Å². The van der Waals surface area contributed by atoms with E-state index < -0.39 is 17.1 Å². The largest absolute Gasteiger partial charge is 0.453 e. The first-order valence-corrected chi connectivity index (χ1v) is 7.29. The van der Waals surface area contributed by atoms with E-state index in [4.69, 9.17) is 0 Å². The summed E-state index contributed by atoms with van der Waals surface area (Å²) in [5.41, 5.74) is -0.00498. The van der Waals surface area contributed by atoms with Crippen LogP contribution in [-0.4, -0.2) is 42.4 Å². The van der Waals surface area contributed by atoms with Gasteiger partial charge in [-0.25, -0.2) is 4.79 Å². The van der Waals surface area contributed by atoms with Crippen LogP contribution < -0.4 is 10.2 Å². The van der Waals surface area contributed by atoms with Crippen molar-refractivity contribution in [2.45, 2.75) is 25.5 Å². The Hall–Kier alpha value is -1.87. The minimum absolute atomic E-state index is 0.00498. The predicted molar refractivity (Wildman–Crippen MR) is 77.8 cm³/mol. The molecule has 1 aromatic heterocycles. The van der Waals surface area contributed by atoms with Gasteiger partial charge in [-0.2, -0.15) is 0 Å². The maximum Gasteiger partial charge on any atom is 0.407 e. The fraction of sp³-hybridized carbons (Fsp3) is 0.583. The number of anilines is 1. The number of alkyl carbamates (subject to hydrolysis) is 1. The summed E-state index contributed by atoms with van der Waals surface area (Å²) in [6.45, 7) is 2.66. The number of rotatable bonds is 4. The molecule has 1 aliphatic heterocycles. The molecule has 116 valence electrons. The molecule has 2 rings (SSSR count). The molecule has 2 unspecified atom stereocenters. The number of carbonyl (C=O) groups excluding carboxylic acids is 1. The van der Waals surface area contributed by atoms with Gasteiger partial charge in [-0.05, 0) is 13.3 Å². The van der Waals surface area contributed by atoms with Crippen molar-refractivity contribution in [2.24, 2.45) is 0 Å². The average molecular weight is 315 g/mol. The van der Waals surface area contributed by atoms with E-state index in [1.165, 1.54) is 24.5 Å². The summed E-state index contributed by atoms with van der Waals surface area (Å²) >= 11 is 1.21. The lowest BCUT2D eigenvalue weighted by molar-refractivity contribution is -0.383. The summed E-state index contributed by atoms with van der Waals surface area (Å²) in [6, 6.07) is 1.31. The van der Waals surface area contributed by atoms with Crippen LogP contribution >= 0.6 is 11.3 Å². The van der Waals surface area contributed by atoms with E-state index in [1.807, 2.05) is 4.90 Å². The van der Waals surface area contributed by atoms with Gasteiger partial charge in [0.05, 0.1) is 24.2 Å². The lowest BCUT2D eigenvalue weighted by Gasteiger charge is -2.16. The molecule has 2 N–H and O–H groups in total. The van der Waals surface area contributed by atoms with Crippen LogP contribution in [0.2, 0.25) is 0 Å². The monoisotopic (exact) mass is 315 g/mol. The SMILES string of the molecule is COC(=O)NC1CCN(c2sc(C(C)O)cc2[N+](=O)[O-])C1. The number of methoxy groups -OCH3 is 1. The van der Waals surface area contributed by atoms with Gasteiger partial charge in [-0.3, -0.25) is 10.1 Å². The zero-order valence-electron chi connectivity index (χ0n) is 11.7. The van der Waals surface area contributed by atoms with Crippen LogP contribution in [0.3, 0.4) is 0 Å². The standard InChI is InChI=1S/C12H17N3O5S/c1-7(16)10-5-9(15(18)19)11(21-10)14-4-3-8(6-14)13-12(17)20-2/h5,7-8,16H,3-4,6H2,1-2H3,(H,13,17). The third-order valence-electron chi connectivity index (χ3n) is 3.30. The summed E-state index contributed by atoms with van der Waals surface area (Å²) in [6.07, 6.45) is -0.560. The van der Waals surface area contributed by atoms with Crippen molar-refractivity contribution in [1.82, 2.24) is 5.32 Å². The highest BCUT2D eigenvalue weighted by atomic mass is 32.1. The number of aliphatic hydroxyl groups is 1. The summed E-state index contributed by atoms with van der Waals surface area (Å²) in [7, 11) is 1.29. The molecule has 0 spiro atoms. The summed E-state index contributed by atoms with van der Waals surface area (Å²) in [4.78, 5) is 24.3. The molecule has 1 aliphatic rings. The average Bonchev–Trinajstić information content (AvgIpc) is 3.04. The van der Waals surface area contributed by atoms with Gasteiger partial charge in [0.25, 0.3) is 0 Å². The topological polar surface area (TPSA) is 105 Å². The van der Waals surface area contributed by atoms with Crippen molar-refractivity contribution in [2.75, 3.05) is 25.1 Å². The maximum absolute atomic E-state index is 11.2. The molecular weight excluding hydrogens is 298 g/mol. The van der Waals surface area contributed by atoms with Gasteiger partial charge in [0.2, 0.25) is 0 Å². The number of aliphatic hydroxyl groups excluding tert-OH is 1. The molecule has 0 aromatic carbocycles. The third-order valence-corrected chi connectivity index (χ3v) is 4.66. The molecule has 0 bridgehead atoms. The molecular formula is C12H17N3O5S.